The summed E-state index contributed by atoms with van der Waals surface area (Å²) in [5.41, 5.74) is 2.37. The van der Waals surface area contributed by atoms with Crippen LogP contribution in [0, 0.1) is 0 Å². The fourth-order valence-corrected chi connectivity index (χ4v) is 2.24. The van der Waals surface area contributed by atoms with Crippen molar-refractivity contribution in [2.75, 3.05) is 12.4 Å². The molecule has 1 atom stereocenters. The molecule has 0 aromatic heterocycles. The van der Waals surface area contributed by atoms with Crippen molar-refractivity contribution in [2.45, 2.75) is 32.8 Å². The molecule has 1 amide bonds. The first kappa shape index (κ1) is 18.5. The Morgan fingerprint density at radius 2 is 1.52 bits per heavy atom. The highest BCUT2D eigenvalue weighted by atomic mass is 16.5. The first-order chi connectivity index (χ1) is 11.9. The third-order valence-corrected chi connectivity index (χ3v) is 3.80. The molecule has 0 heterocycles. The molecule has 1 N–H and O–H groups in total. The van der Waals surface area contributed by atoms with Crippen LogP contribution in [0.5, 0.6) is 5.75 Å². The lowest BCUT2D eigenvalue weighted by Crippen LogP contribution is -2.30. The predicted molar refractivity (Wildman–Crippen MR) is 97.0 cm³/mol. The largest absolute Gasteiger partial charge is 0.481 e. The second-order valence-corrected chi connectivity index (χ2v) is 6.04. The van der Waals surface area contributed by atoms with E-state index in [1.807, 2.05) is 24.3 Å². The summed E-state index contributed by atoms with van der Waals surface area (Å²) in [6.07, 6.45) is -0.672. The first-order valence-corrected chi connectivity index (χ1v) is 8.16. The van der Waals surface area contributed by atoms with Gasteiger partial charge in [0.2, 0.25) is 0 Å². The zero-order valence-corrected chi connectivity index (χ0v) is 14.9. The van der Waals surface area contributed by atoms with Crippen LogP contribution in [0.2, 0.25) is 0 Å². The number of anilines is 1. The number of esters is 1. The highest BCUT2D eigenvalue weighted by Gasteiger charge is 2.15. The van der Waals surface area contributed by atoms with Crippen LogP contribution in [0.15, 0.2) is 48.5 Å². The molecule has 0 aliphatic rings. The standard InChI is InChI=1S/C20H23NO4/c1-13(2)15-5-9-17(10-6-15)21-19(22)14(3)25-18-11-7-16(8-12-18)20(23)24-4/h5-14H,1-4H3,(H,21,22)/t14-/m0/s1. The molecule has 0 radical (unpaired) electrons. The van der Waals surface area contributed by atoms with Crippen molar-refractivity contribution in [2.24, 2.45) is 0 Å². The van der Waals surface area contributed by atoms with Crippen molar-refractivity contribution in [1.82, 2.24) is 0 Å². The maximum Gasteiger partial charge on any atom is 0.337 e. The van der Waals surface area contributed by atoms with Crippen LogP contribution in [0.1, 0.15) is 42.6 Å². The SMILES string of the molecule is COC(=O)c1ccc(O[C@@H](C)C(=O)Nc2ccc(C(C)C)cc2)cc1. The number of rotatable bonds is 6. The second-order valence-electron chi connectivity index (χ2n) is 6.04. The van der Waals surface area contributed by atoms with Gasteiger partial charge in [0.15, 0.2) is 6.10 Å². The molecule has 0 spiro atoms. The van der Waals surface area contributed by atoms with E-state index in [1.54, 1.807) is 31.2 Å². The normalized spacial score (nSPS) is 11.7. The zero-order chi connectivity index (χ0) is 18.4. The fraction of sp³-hybridized carbons (Fsp3) is 0.300. The Morgan fingerprint density at radius 3 is 2.04 bits per heavy atom. The van der Waals surface area contributed by atoms with Crippen molar-refractivity contribution in [3.63, 3.8) is 0 Å². The topological polar surface area (TPSA) is 64.6 Å². The van der Waals surface area contributed by atoms with Gasteiger partial charge in [-0.2, -0.15) is 0 Å². The molecule has 0 fully saturated rings. The van der Waals surface area contributed by atoms with Gasteiger partial charge in [-0.05, 0) is 54.8 Å². The van der Waals surface area contributed by atoms with Crippen LogP contribution in [0.3, 0.4) is 0 Å². The van der Waals surface area contributed by atoms with E-state index in [2.05, 4.69) is 23.9 Å². The van der Waals surface area contributed by atoms with Gasteiger partial charge in [0.1, 0.15) is 5.75 Å². The van der Waals surface area contributed by atoms with Crippen LogP contribution in [-0.2, 0) is 9.53 Å². The summed E-state index contributed by atoms with van der Waals surface area (Å²) in [4.78, 5) is 23.6. The Kier molecular flexibility index (Phi) is 6.17. The molecule has 5 heteroatoms. The van der Waals surface area contributed by atoms with Crippen LogP contribution in [-0.4, -0.2) is 25.1 Å². The Hall–Kier alpha value is -2.82. The van der Waals surface area contributed by atoms with Gasteiger partial charge in [-0.15, -0.1) is 0 Å². The molecule has 0 saturated carbocycles. The minimum absolute atomic E-state index is 0.241. The highest BCUT2D eigenvalue weighted by Crippen LogP contribution is 2.18. The molecule has 5 nitrogen and oxygen atoms in total. The minimum Gasteiger partial charge on any atom is -0.481 e. The van der Waals surface area contributed by atoms with Crippen LogP contribution < -0.4 is 10.1 Å². The Morgan fingerprint density at radius 1 is 0.920 bits per heavy atom. The van der Waals surface area contributed by atoms with Gasteiger partial charge < -0.3 is 14.8 Å². The summed E-state index contributed by atoms with van der Waals surface area (Å²) in [5, 5.41) is 2.83. The molecular weight excluding hydrogens is 318 g/mol. The van der Waals surface area contributed by atoms with E-state index in [9.17, 15) is 9.59 Å². The number of benzene rings is 2. The number of ether oxygens (including phenoxy) is 2. The molecule has 0 saturated heterocycles. The summed E-state index contributed by atoms with van der Waals surface area (Å²) in [7, 11) is 1.33. The summed E-state index contributed by atoms with van der Waals surface area (Å²) in [6, 6.07) is 14.2. The van der Waals surface area contributed by atoms with Gasteiger partial charge in [-0.3, -0.25) is 4.79 Å². The van der Waals surface area contributed by atoms with Crippen molar-refractivity contribution in [3.05, 3.63) is 59.7 Å². The van der Waals surface area contributed by atoms with Gasteiger partial charge in [0.05, 0.1) is 12.7 Å². The summed E-state index contributed by atoms with van der Waals surface area (Å²) >= 11 is 0. The second kappa shape index (κ2) is 8.33. The molecule has 2 aromatic rings. The number of nitrogens with one attached hydrogen (secondary N) is 1. The molecule has 132 valence electrons. The maximum absolute atomic E-state index is 12.2. The van der Waals surface area contributed by atoms with Crippen molar-refractivity contribution < 1.29 is 19.1 Å². The first-order valence-electron chi connectivity index (χ1n) is 8.16. The molecule has 2 rings (SSSR count). The van der Waals surface area contributed by atoms with Gasteiger partial charge in [0, 0.05) is 5.69 Å². The Labute approximate surface area is 148 Å². The number of carbonyl (C=O) groups is 2. The monoisotopic (exact) mass is 341 g/mol. The number of methoxy groups -OCH3 is 1. The lowest BCUT2D eigenvalue weighted by Gasteiger charge is -2.15. The third kappa shape index (κ3) is 5.08. The molecule has 25 heavy (non-hydrogen) atoms. The molecule has 0 aliphatic carbocycles. The van der Waals surface area contributed by atoms with Gasteiger partial charge in [0.25, 0.3) is 5.91 Å². The third-order valence-electron chi connectivity index (χ3n) is 3.80. The number of hydrogen-bond donors (Lipinski definition) is 1. The van der Waals surface area contributed by atoms with Crippen LogP contribution in [0.4, 0.5) is 5.69 Å². The molecular formula is C20H23NO4. The number of amides is 1. The smallest absolute Gasteiger partial charge is 0.337 e. The summed E-state index contributed by atoms with van der Waals surface area (Å²) < 4.78 is 10.3. The van der Waals surface area contributed by atoms with Crippen LogP contribution >= 0.6 is 0 Å². The average molecular weight is 341 g/mol. The van der Waals surface area contributed by atoms with Gasteiger partial charge >= 0.3 is 5.97 Å². The molecule has 0 unspecified atom stereocenters. The van der Waals surface area contributed by atoms with E-state index in [0.29, 0.717) is 17.2 Å². The van der Waals surface area contributed by atoms with Crippen molar-refractivity contribution >= 4 is 17.6 Å². The van der Waals surface area contributed by atoms with E-state index >= 15 is 0 Å². The van der Waals surface area contributed by atoms with E-state index in [4.69, 9.17) is 4.74 Å². The zero-order valence-electron chi connectivity index (χ0n) is 14.9. The van der Waals surface area contributed by atoms with E-state index in [1.165, 1.54) is 12.7 Å². The minimum atomic E-state index is -0.672. The molecule has 0 bridgehead atoms. The van der Waals surface area contributed by atoms with E-state index in [-0.39, 0.29) is 5.91 Å². The van der Waals surface area contributed by atoms with Gasteiger partial charge in [-0.1, -0.05) is 26.0 Å². The van der Waals surface area contributed by atoms with Crippen molar-refractivity contribution in [3.8, 4) is 5.75 Å². The van der Waals surface area contributed by atoms with E-state index < -0.39 is 12.1 Å². The van der Waals surface area contributed by atoms with E-state index in [0.717, 1.165) is 5.69 Å². The maximum atomic E-state index is 12.2. The Bertz CT molecular complexity index is 720. The average Bonchev–Trinajstić information content (AvgIpc) is 2.62. The van der Waals surface area contributed by atoms with Gasteiger partial charge in [-0.25, -0.2) is 4.79 Å². The lowest BCUT2D eigenvalue weighted by atomic mass is 10.0. The van der Waals surface area contributed by atoms with Crippen LogP contribution in [0.25, 0.3) is 0 Å². The Balaban J connectivity index is 1.94. The quantitative estimate of drug-likeness (QED) is 0.807. The predicted octanol–water partition coefficient (Wildman–Crippen LogP) is 4.00. The fourth-order valence-electron chi connectivity index (χ4n) is 2.24. The molecule has 2 aromatic carbocycles. The molecule has 0 aliphatic heterocycles. The van der Waals surface area contributed by atoms with Crippen molar-refractivity contribution in [1.29, 1.82) is 0 Å². The number of carbonyl (C=O) groups excluding carboxylic acids is 2. The summed E-state index contributed by atoms with van der Waals surface area (Å²) in [6.45, 7) is 5.91. The highest BCUT2D eigenvalue weighted by molar-refractivity contribution is 5.94. The summed E-state index contributed by atoms with van der Waals surface area (Å²) in [5.74, 6) is 0.293. The number of hydrogen-bond acceptors (Lipinski definition) is 4. The lowest BCUT2D eigenvalue weighted by molar-refractivity contribution is -0.122.